The van der Waals surface area contributed by atoms with Gasteiger partial charge in [0.1, 0.15) is 5.54 Å². The van der Waals surface area contributed by atoms with Gasteiger partial charge < -0.3 is 10.6 Å². The molecule has 2 N–H and O–H groups in total. The zero-order chi connectivity index (χ0) is 11.3. The van der Waals surface area contributed by atoms with Gasteiger partial charge in [0.15, 0.2) is 0 Å². The first-order chi connectivity index (χ1) is 7.16. The van der Waals surface area contributed by atoms with E-state index in [0.717, 1.165) is 45.3 Å². The Hall–Kier alpha value is -0.590. The number of nitrogens with zero attached hydrogens (tertiary/aromatic N) is 2. The molecule has 3 nitrogen and oxygen atoms in total. The van der Waals surface area contributed by atoms with E-state index in [-0.39, 0.29) is 0 Å². The zero-order valence-corrected chi connectivity index (χ0v) is 10.00. The topological polar surface area (TPSA) is 53.0 Å². The van der Waals surface area contributed by atoms with Crippen LogP contribution >= 0.6 is 0 Å². The molecule has 0 heterocycles. The smallest absolute Gasteiger partial charge is 0.107 e. The SMILES string of the molecule is CCN(CC)CCC1CCCC1(N)C#N. The van der Waals surface area contributed by atoms with Gasteiger partial charge in [-0.2, -0.15) is 5.26 Å². The van der Waals surface area contributed by atoms with Crippen molar-refractivity contribution in [1.82, 2.24) is 4.90 Å². The second-order valence-corrected chi connectivity index (χ2v) is 4.56. The number of hydrogen-bond donors (Lipinski definition) is 1. The molecule has 1 aliphatic rings. The second-order valence-electron chi connectivity index (χ2n) is 4.56. The average molecular weight is 209 g/mol. The molecular formula is C12H23N3. The van der Waals surface area contributed by atoms with Gasteiger partial charge in [0.2, 0.25) is 0 Å². The number of rotatable bonds is 5. The summed E-state index contributed by atoms with van der Waals surface area (Å²) in [5.41, 5.74) is 5.56. The Morgan fingerprint density at radius 3 is 2.67 bits per heavy atom. The van der Waals surface area contributed by atoms with Crippen molar-refractivity contribution < 1.29 is 0 Å². The molecule has 0 bridgehead atoms. The predicted molar refractivity (Wildman–Crippen MR) is 62.3 cm³/mol. The standard InChI is InChI=1S/C12H23N3/c1-3-15(4-2)9-7-11-6-5-8-12(11,14)10-13/h11H,3-9,14H2,1-2H3. The molecular weight excluding hydrogens is 186 g/mol. The first kappa shape index (κ1) is 12.5. The summed E-state index contributed by atoms with van der Waals surface area (Å²) in [4.78, 5) is 2.40. The third kappa shape index (κ3) is 2.93. The van der Waals surface area contributed by atoms with Crippen LogP contribution in [0.25, 0.3) is 0 Å². The molecule has 0 aromatic carbocycles. The van der Waals surface area contributed by atoms with Crippen molar-refractivity contribution in [2.45, 2.75) is 45.1 Å². The fourth-order valence-corrected chi connectivity index (χ4v) is 2.53. The van der Waals surface area contributed by atoms with Gasteiger partial charge in [-0.3, -0.25) is 0 Å². The van der Waals surface area contributed by atoms with Crippen LogP contribution in [0.5, 0.6) is 0 Å². The monoisotopic (exact) mass is 209 g/mol. The Labute approximate surface area is 93.2 Å². The molecule has 0 radical (unpaired) electrons. The van der Waals surface area contributed by atoms with Gasteiger partial charge in [0, 0.05) is 0 Å². The van der Waals surface area contributed by atoms with Crippen LogP contribution in [0, 0.1) is 17.2 Å². The van der Waals surface area contributed by atoms with E-state index >= 15 is 0 Å². The van der Waals surface area contributed by atoms with E-state index in [0.29, 0.717) is 5.92 Å². The normalized spacial score (nSPS) is 30.7. The first-order valence-corrected chi connectivity index (χ1v) is 6.08. The maximum Gasteiger partial charge on any atom is 0.107 e. The van der Waals surface area contributed by atoms with E-state index in [1.165, 1.54) is 0 Å². The molecule has 86 valence electrons. The highest BCUT2D eigenvalue weighted by molar-refractivity contribution is 5.11. The molecule has 0 amide bonds. The van der Waals surface area contributed by atoms with Gasteiger partial charge in [0.25, 0.3) is 0 Å². The van der Waals surface area contributed by atoms with E-state index in [4.69, 9.17) is 11.0 Å². The molecule has 1 aliphatic carbocycles. The van der Waals surface area contributed by atoms with E-state index in [1.54, 1.807) is 0 Å². The molecule has 0 spiro atoms. The van der Waals surface area contributed by atoms with Gasteiger partial charge in [-0.15, -0.1) is 0 Å². The maximum absolute atomic E-state index is 9.09. The summed E-state index contributed by atoms with van der Waals surface area (Å²) in [6.07, 6.45) is 4.20. The van der Waals surface area contributed by atoms with E-state index in [1.807, 2.05) is 0 Å². The fourth-order valence-electron chi connectivity index (χ4n) is 2.53. The van der Waals surface area contributed by atoms with Crippen LogP contribution in [-0.2, 0) is 0 Å². The molecule has 2 atom stereocenters. The van der Waals surface area contributed by atoms with Crippen molar-refractivity contribution in [3.05, 3.63) is 0 Å². The van der Waals surface area contributed by atoms with Crippen LogP contribution in [-0.4, -0.2) is 30.1 Å². The quantitative estimate of drug-likeness (QED) is 0.750. The highest BCUT2D eigenvalue weighted by Gasteiger charge is 2.39. The molecule has 0 aromatic rings. The van der Waals surface area contributed by atoms with Crippen LogP contribution in [0.2, 0.25) is 0 Å². The fraction of sp³-hybridized carbons (Fsp3) is 0.917. The first-order valence-electron chi connectivity index (χ1n) is 6.08. The van der Waals surface area contributed by atoms with Gasteiger partial charge in [-0.1, -0.05) is 20.3 Å². The summed E-state index contributed by atoms with van der Waals surface area (Å²) in [6.45, 7) is 7.62. The zero-order valence-electron chi connectivity index (χ0n) is 10.00. The Morgan fingerprint density at radius 1 is 1.47 bits per heavy atom. The van der Waals surface area contributed by atoms with E-state index in [2.05, 4.69) is 24.8 Å². The van der Waals surface area contributed by atoms with Crippen LogP contribution in [0.4, 0.5) is 0 Å². The van der Waals surface area contributed by atoms with Crippen LogP contribution in [0.3, 0.4) is 0 Å². The van der Waals surface area contributed by atoms with Crippen molar-refractivity contribution in [2.75, 3.05) is 19.6 Å². The highest BCUT2D eigenvalue weighted by Crippen LogP contribution is 2.35. The molecule has 15 heavy (non-hydrogen) atoms. The summed E-state index contributed by atoms with van der Waals surface area (Å²) in [5, 5.41) is 9.09. The van der Waals surface area contributed by atoms with Gasteiger partial charge in [0.05, 0.1) is 6.07 Å². The largest absolute Gasteiger partial charge is 0.313 e. The minimum absolute atomic E-state index is 0.406. The van der Waals surface area contributed by atoms with E-state index in [9.17, 15) is 0 Å². The molecule has 1 rings (SSSR count). The minimum atomic E-state index is -0.535. The molecule has 1 fully saturated rings. The summed E-state index contributed by atoms with van der Waals surface area (Å²) in [6, 6.07) is 2.31. The Bertz CT molecular complexity index is 230. The molecule has 0 saturated heterocycles. The number of nitriles is 1. The lowest BCUT2D eigenvalue weighted by atomic mass is 9.87. The maximum atomic E-state index is 9.09. The van der Waals surface area contributed by atoms with Gasteiger partial charge in [-0.05, 0) is 44.8 Å². The lowest BCUT2D eigenvalue weighted by Gasteiger charge is -2.26. The number of nitrogens with two attached hydrogens (primary N) is 1. The Kier molecular flexibility index (Phi) is 4.56. The Balaban J connectivity index is 2.42. The van der Waals surface area contributed by atoms with Crippen LogP contribution in [0.1, 0.15) is 39.5 Å². The molecule has 3 heteroatoms. The molecule has 1 saturated carbocycles. The highest BCUT2D eigenvalue weighted by atomic mass is 15.1. The molecule has 2 unspecified atom stereocenters. The second kappa shape index (κ2) is 5.48. The van der Waals surface area contributed by atoms with E-state index < -0.39 is 5.54 Å². The van der Waals surface area contributed by atoms with Crippen molar-refractivity contribution >= 4 is 0 Å². The molecule has 0 aliphatic heterocycles. The van der Waals surface area contributed by atoms with Crippen LogP contribution in [0.15, 0.2) is 0 Å². The molecule has 0 aromatic heterocycles. The number of hydrogen-bond acceptors (Lipinski definition) is 3. The lowest BCUT2D eigenvalue weighted by molar-refractivity contribution is 0.256. The predicted octanol–water partition coefficient (Wildman–Crippen LogP) is 1.74. The van der Waals surface area contributed by atoms with Crippen molar-refractivity contribution in [1.29, 1.82) is 5.26 Å². The van der Waals surface area contributed by atoms with Gasteiger partial charge >= 0.3 is 0 Å². The third-order valence-electron chi connectivity index (χ3n) is 3.77. The average Bonchev–Trinajstić information content (AvgIpc) is 2.63. The Morgan fingerprint density at radius 2 is 2.13 bits per heavy atom. The van der Waals surface area contributed by atoms with Crippen LogP contribution < -0.4 is 5.73 Å². The lowest BCUT2D eigenvalue weighted by Crippen LogP contribution is -2.43. The van der Waals surface area contributed by atoms with Crippen molar-refractivity contribution in [2.24, 2.45) is 11.7 Å². The summed E-state index contributed by atoms with van der Waals surface area (Å²) in [7, 11) is 0. The van der Waals surface area contributed by atoms with Crippen molar-refractivity contribution in [3.63, 3.8) is 0 Å². The van der Waals surface area contributed by atoms with Gasteiger partial charge in [-0.25, -0.2) is 0 Å². The third-order valence-corrected chi connectivity index (χ3v) is 3.77. The summed E-state index contributed by atoms with van der Waals surface area (Å²) >= 11 is 0. The van der Waals surface area contributed by atoms with Crippen molar-refractivity contribution in [3.8, 4) is 6.07 Å². The summed E-state index contributed by atoms with van der Waals surface area (Å²) in [5.74, 6) is 0.406. The minimum Gasteiger partial charge on any atom is -0.313 e. The summed E-state index contributed by atoms with van der Waals surface area (Å²) < 4.78 is 0.